The summed E-state index contributed by atoms with van der Waals surface area (Å²) in [7, 11) is 0. The fourth-order valence-electron chi connectivity index (χ4n) is 2.71. The number of non-ortho nitro benzene ring substituents is 1. The van der Waals surface area contributed by atoms with Crippen LogP contribution in [0, 0.1) is 10.1 Å². The summed E-state index contributed by atoms with van der Waals surface area (Å²) in [6, 6.07) is 14.4. The van der Waals surface area contributed by atoms with Crippen molar-refractivity contribution in [3.8, 4) is 11.3 Å². The number of nitro benzene ring substituents is 1. The van der Waals surface area contributed by atoms with E-state index in [0.717, 1.165) is 16.9 Å². The van der Waals surface area contributed by atoms with Crippen LogP contribution in [-0.2, 0) is 4.79 Å². The lowest BCUT2D eigenvalue weighted by Crippen LogP contribution is -2.27. The SMILES string of the molecule is CC(=O)c1sc(NC(=O)CCNC(=O)c2ccc([N+](=O)[O-])cc2)nc1-c1ccccc1. The lowest BCUT2D eigenvalue weighted by molar-refractivity contribution is -0.384. The quantitative estimate of drug-likeness (QED) is 0.313. The molecule has 0 aliphatic rings. The summed E-state index contributed by atoms with van der Waals surface area (Å²) in [5.41, 5.74) is 1.43. The third-order valence-electron chi connectivity index (χ3n) is 4.22. The van der Waals surface area contributed by atoms with Crippen molar-refractivity contribution < 1.29 is 19.3 Å². The molecule has 9 nitrogen and oxygen atoms in total. The Balaban J connectivity index is 1.57. The molecule has 10 heteroatoms. The standard InChI is InChI=1S/C21H18N4O5S/c1-13(26)19-18(14-5-3-2-4-6-14)24-21(31-19)23-17(27)11-12-22-20(28)15-7-9-16(10-8-15)25(29)30/h2-10H,11-12H2,1H3,(H,22,28)(H,23,24,27). The number of nitrogens with one attached hydrogen (secondary N) is 2. The lowest BCUT2D eigenvalue weighted by Gasteiger charge is -2.05. The van der Waals surface area contributed by atoms with E-state index in [2.05, 4.69) is 15.6 Å². The van der Waals surface area contributed by atoms with Gasteiger partial charge in [-0.1, -0.05) is 41.7 Å². The number of benzene rings is 2. The van der Waals surface area contributed by atoms with Crippen LogP contribution in [0.5, 0.6) is 0 Å². The van der Waals surface area contributed by atoms with Gasteiger partial charge in [0.15, 0.2) is 10.9 Å². The fourth-order valence-corrected chi connectivity index (χ4v) is 3.61. The number of carbonyl (C=O) groups is 3. The molecule has 3 rings (SSSR count). The number of carbonyl (C=O) groups excluding carboxylic acids is 3. The van der Waals surface area contributed by atoms with Gasteiger partial charge in [0.05, 0.1) is 15.5 Å². The normalized spacial score (nSPS) is 10.4. The number of amides is 2. The third kappa shape index (κ3) is 5.58. The summed E-state index contributed by atoms with van der Waals surface area (Å²) in [6.07, 6.45) is -0.00558. The topological polar surface area (TPSA) is 131 Å². The van der Waals surface area contributed by atoms with E-state index in [1.54, 1.807) is 0 Å². The van der Waals surface area contributed by atoms with Crippen LogP contribution in [0.2, 0.25) is 0 Å². The molecule has 2 aromatic carbocycles. The Kier molecular flexibility index (Phi) is 6.83. The number of hydrogen-bond donors (Lipinski definition) is 2. The molecule has 3 aromatic rings. The smallest absolute Gasteiger partial charge is 0.269 e. The number of thiazole rings is 1. The first kappa shape index (κ1) is 21.8. The average molecular weight is 438 g/mol. The first-order chi connectivity index (χ1) is 14.8. The van der Waals surface area contributed by atoms with Gasteiger partial charge in [0.25, 0.3) is 11.6 Å². The summed E-state index contributed by atoms with van der Waals surface area (Å²) in [6.45, 7) is 1.51. The highest BCUT2D eigenvalue weighted by Gasteiger charge is 2.18. The predicted molar refractivity (Wildman–Crippen MR) is 116 cm³/mol. The summed E-state index contributed by atoms with van der Waals surface area (Å²) in [4.78, 5) is 51.2. The Bertz CT molecular complexity index is 1130. The molecule has 1 aromatic heterocycles. The summed E-state index contributed by atoms with van der Waals surface area (Å²) >= 11 is 1.10. The largest absolute Gasteiger partial charge is 0.352 e. The van der Waals surface area contributed by atoms with Crippen molar-refractivity contribution in [1.29, 1.82) is 0 Å². The number of ketones is 1. The van der Waals surface area contributed by atoms with Crippen molar-refractivity contribution in [1.82, 2.24) is 10.3 Å². The molecule has 0 bridgehead atoms. The third-order valence-corrected chi connectivity index (χ3v) is 5.29. The molecule has 0 fully saturated rings. The number of hydrogen-bond acceptors (Lipinski definition) is 7. The first-order valence-electron chi connectivity index (χ1n) is 9.25. The van der Waals surface area contributed by atoms with Crippen LogP contribution in [0.4, 0.5) is 10.8 Å². The molecular formula is C21H18N4O5S. The molecule has 0 saturated carbocycles. The second-order valence-corrected chi connectivity index (χ2v) is 7.48. The molecule has 0 aliphatic carbocycles. The van der Waals surface area contributed by atoms with Crippen LogP contribution in [0.3, 0.4) is 0 Å². The fraction of sp³-hybridized carbons (Fsp3) is 0.143. The van der Waals surface area contributed by atoms with Crippen LogP contribution in [0.1, 0.15) is 33.4 Å². The van der Waals surface area contributed by atoms with Crippen molar-refractivity contribution in [3.05, 3.63) is 75.2 Å². The molecular weight excluding hydrogens is 420 g/mol. The van der Waals surface area contributed by atoms with E-state index >= 15 is 0 Å². The first-order valence-corrected chi connectivity index (χ1v) is 10.1. The van der Waals surface area contributed by atoms with Crippen LogP contribution in [0.15, 0.2) is 54.6 Å². The molecule has 0 aliphatic heterocycles. The molecule has 158 valence electrons. The number of Topliss-reactive ketones (excluding diaryl/α,β-unsaturated/α-hetero) is 1. The highest BCUT2D eigenvalue weighted by Crippen LogP contribution is 2.31. The summed E-state index contributed by atoms with van der Waals surface area (Å²) < 4.78 is 0. The minimum atomic E-state index is -0.550. The van der Waals surface area contributed by atoms with E-state index < -0.39 is 10.8 Å². The highest BCUT2D eigenvalue weighted by molar-refractivity contribution is 7.18. The summed E-state index contributed by atoms with van der Waals surface area (Å²) in [5.74, 6) is -0.957. The van der Waals surface area contributed by atoms with E-state index in [4.69, 9.17) is 0 Å². The van der Waals surface area contributed by atoms with Crippen LogP contribution in [-0.4, -0.2) is 34.0 Å². The number of anilines is 1. The minimum absolute atomic E-state index is 0.00558. The average Bonchev–Trinajstić information content (AvgIpc) is 3.18. The van der Waals surface area contributed by atoms with Gasteiger partial charge in [0.1, 0.15) is 0 Å². The Morgan fingerprint density at radius 3 is 2.35 bits per heavy atom. The molecule has 0 spiro atoms. The minimum Gasteiger partial charge on any atom is -0.352 e. The van der Waals surface area contributed by atoms with Gasteiger partial charge in [0, 0.05) is 43.1 Å². The molecule has 0 saturated heterocycles. The highest BCUT2D eigenvalue weighted by atomic mass is 32.1. The van der Waals surface area contributed by atoms with Gasteiger partial charge in [0.2, 0.25) is 5.91 Å². The zero-order chi connectivity index (χ0) is 22.4. The Labute approximate surface area is 181 Å². The van der Waals surface area contributed by atoms with Crippen LogP contribution < -0.4 is 10.6 Å². The van der Waals surface area contributed by atoms with Crippen molar-refractivity contribution in [2.45, 2.75) is 13.3 Å². The second kappa shape index (κ2) is 9.72. The van der Waals surface area contributed by atoms with Gasteiger partial charge >= 0.3 is 0 Å². The Morgan fingerprint density at radius 2 is 1.74 bits per heavy atom. The maximum Gasteiger partial charge on any atom is 0.269 e. The summed E-state index contributed by atoms with van der Waals surface area (Å²) in [5, 5.41) is 16.2. The molecule has 0 radical (unpaired) electrons. The number of nitrogens with zero attached hydrogens (tertiary/aromatic N) is 2. The van der Waals surface area contributed by atoms with Gasteiger partial charge in [-0.15, -0.1) is 0 Å². The molecule has 1 heterocycles. The van der Waals surface area contributed by atoms with E-state index in [1.165, 1.54) is 31.2 Å². The zero-order valence-electron chi connectivity index (χ0n) is 16.5. The molecule has 2 N–H and O–H groups in total. The Hall–Kier alpha value is -3.92. The van der Waals surface area contributed by atoms with E-state index in [-0.39, 0.29) is 35.9 Å². The predicted octanol–water partition coefficient (Wildman–Crippen LogP) is 3.68. The van der Waals surface area contributed by atoms with Crippen molar-refractivity contribution in [2.75, 3.05) is 11.9 Å². The van der Waals surface area contributed by atoms with Crippen molar-refractivity contribution >= 4 is 39.8 Å². The van der Waals surface area contributed by atoms with Gasteiger partial charge in [-0.25, -0.2) is 4.98 Å². The van der Waals surface area contributed by atoms with E-state index in [0.29, 0.717) is 15.7 Å². The van der Waals surface area contributed by atoms with Crippen LogP contribution >= 0.6 is 11.3 Å². The van der Waals surface area contributed by atoms with Gasteiger partial charge in [-0.3, -0.25) is 24.5 Å². The molecule has 0 unspecified atom stereocenters. The second-order valence-electron chi connectivity index (χ2n) is 6.48. The van der Waals surface area contributed by atoms with E-state index in [1.807, 2.05) is 30.3 Å². The Morgan fingerprint density at radius 1 is 1.06 bits per heavy atom. The van der Waals surface area contributed by atoms with Gasteiger partial charge in [-0.2, -0.15) is 0 Å². The van der Waals surface area contributed by atoms with E-state index in [9.17, 15) is 24.5 Å². The molecule has 0 atom stereocenters. The molecule has 2 amide bonds. The molecule has 31 heavy (non-hydrogen) atoms. The zero-order valence-corrected chi connectivity index (χ0v) is 17.3. The van der Waals surface area contributed by atoms with Gasteiger partial charge < -0.3 is 10.6 Å². The lowest BCUT2D eigenvalue weighted by atomic mass is 10.1. The maximum atomic E-state index is 12.2. The van der Waals surface area contributed by atoms with Crippen molar-refractivity contribution in [2.24, 2.45) is 0 Å². The van der Waals surface area contributed by atoms with Gasteiger partial charge in [-0.05, 0) is 12.1 Å². The monoisotopic (exact) mass is 438 g/mol. The maximum absolute atomic E-state index is 12.2. The van der Waals surface area contributed by atoms with Crippen molar-refractivity contribution in [3.63, 3.8) is 0 Å². The van der Waals surface area contributed by atoms with Crippen LogP contribution in [0.25, 0.3) is 11.3 Å². The number of aromatic nitrogens is 1. The number of rotatable bonds is 8. The number of nitro groups is 1.